The minimum Gasteiger partial charge on any atom is -0.394 e. The van der Waals surface area contributed by atoms with Crippen LogP contribution in [0, 0.1) is 6.92 Å². The van der Waals surface area contributed by atoms with Gasteiger partial charge in [-0.25, -0.2) is 4.98 Å². The van der Waals surface area contributed by atoms with Crippen molar-refractivity contribution in [3.63, 3.8) is 0 Å². The normalized spacial score (nSPS) is 14.1. The van der Waals surface area contributed by atoms with Crippen molar-refractivity contribution in [1.82, 2.24) is 29.4 Å². The second-order valence-electron chi connectivity index (χ2n) is 8.05. The molecule has 3 aromatic heterocycles. The monoisotopic (exact) mass is 450 g/mol. The zero-order valence-corrected chi connectivity index (χ0v) is 18.8. The number of rotatable bonds is 7. The summed E-state index contributed by atoms with van der Waals surface area (Å²) in [6.45, 7) is 5.17. The Kier molecular flexibility index (Phi) is 5.77. The Morgan fingerprint density at radius 3 is 2.94 bits per heavy atom. The predicted molar refractivity (Wildman–Crippen MR) is 123 cm³/mol. The topological polar surface area (TPSA) is 87.7 Å². The molecular weight excluding hydrogens is 424 g/mol. The van der Waals surface area contributed by atoms with Crippen molar-refractivity contribution in [3.8, 4) is 0 Å². The number of fused-ring (bicyclic) bond motifs is 2. The van der Waals surface area contributed by atoms with Gasteiger partial charge >= 0.3 is 0 Å². The fourth-order valence-corrected chi connectivity index (χ4v) is 5.13. The molecule has 0 radical (unpaired) electrons. The molecule has 1 amide bonds. The summed E-state index contributed by atoms with van der Waals surface area (Å²) in [5.41, 5.74) is 5.73. The summed E-state index contributed by atoms with van der Waals surface area (Å²) in [4.78, 5) is 21.1. The molecule has 1 aliphatic rings. The summed E-state index contributed by atoms with van der Waals surface area (Å²) >= 11 is 1.64. The van der Waals surface area contributed by atoms with E-state index in [-0.39, 0.29) is 12.5 Å². The van der Waals surface area contributed by atoms with E-state index in [2.05, 4.69) is 30.9 Å². The van der Waals surface area contributed by atoms with Crippen molar-refractivity contribution in [2.24, 2.45) is 0 Å². The van der Waals surface area contributed by atoms with Crippen LogP contribution >= 0.6 is 11.3 Å². The average Bonchev–Trinajstić information content (AvgIpc) is 3.48. The number of aliphatic hydroxyl groups excluding tert-OH is 1. The van der Waals surface area contributed by atoms with E-state index in [1.165, 1.54) is 5.69 Å². The molecule has 0 saturated heterocycles. The number of hydrogen-bond donors (Lipinski definition) is 2. The number of nitrogens with one attached hydrogen (secondary N) is 1. The quantitative estimate of drug-likeness (QED) is 0.451. The second-order valence-corrected chi connectivity index (χ2v) is 8.92. The van der Waals surface area contributed by atoms with Crippen molar-refractivity contribution in [3.05, 3.63) is 75.8 Å². The van der Waals surface area contributed by atoms with Crippen molar-refractivity contribution >= 4 is 22.2 Å². The van der Waals surface area contributed by atoms with Gasteiger partial charge in [0.2, 0.25) is 0 Å². The molecule has 0 unspecified atom stereocenters. The lowest BCUT2D eigenvalue weighted by Gasteiger charge is -2.27. The van der Waals surface area contributed by atoms with Gasteiger partial charge in [0.1, 0.15) is 0 Å². The molecule has 4 heterocycles. The molecule has 8 nitrogen and oxygen atoms in total. The van der Waals surface area contributed by atoms with Crippen LogP contribution in [0.3, 0.4) is 0 Å². The van der Waals surface area contributed by atoms with Crippen LogP contribution in [0.25, 0.3) is 4.96 Å². The lowest BCUT2D eigenvalue weighted by Crippen LogP contribution is -2.33. The van der Waals surface area contributed by atoms with Crippen molar-refractivity contribution in [2.45, 2.75) is 39.5 Å². The zero-order valence-electron chi connectivity index (χ0n) is 18.0. The number of carbonyl (C=O) groups excluding carboxylic acids is 1. The average molecular weight is 451 g/mol. The van der Waals surface area contributed by atoms with Crippen LogP contribution in [-0.2, 0) is 32.6 Å². The molecule has 0 saturated carbocycles. The fraction of sp³-hybridized carbons (Fsp3) is 0.348. The van der Waals surface area contributed by atoms with Crippen LogP contribution in [0.1, 0.15) is 38.7 Å². The van der Waals surface area contributed by atoms with Gasteiger partial charge in [-0.05, 0) is 12.5 Å². The van der Waals surface area contributed by atoms with Gasteiger partial charge in [-0.2, -0.15) is 5.10 Å². The highest BCUT2D eigenvalue weighted by Gasteiger charge is 2.28. The number of nitrogens with zero attached hydrogens (tertiary/aromatic N) is 5. The van der Waals surface area contributed by atoms with E-state index in [0.29, 0.717) is 25.3 Å². The number of hydrogen-bond acceptors (Lipinski definition) is 6. The molecular formula is C23H26N6O2S. The van der Waals surface area contributed by atoms with Gasteiger partial charge in [-0.15, -0.1) is 11.3 Å². The Balaban J connectivity index is 1.38. The molecule has 32 heavy (non-hydrogen) atoms. The van der Waals surface area contributed by atoms with Crippen molar-refractivity contribution < 1.29 is 9.90 Å². The minimum atomic E-state index is -0.176. The Morgan fingerprint density at radius 2 is 2.12 bits per heavy atom. The molecule has 1 aromatic carbocycles. The van der Waals surface area contributed by atoms with Crippen LogP contribution < -0.4 is 5.32 Å². The highest BCUT2D eigenvalue weighted by molar-refractivity contribution is 7.15. The van der Waals surface area contributed by atoms with E-state index in [0.717, 1.165) is 47.0 Å². The molecule has 0 aliphatic carbocycles. The summed E-state index contributed by atoms with van der Waals surface area (Å²) < 4.78 is 3.95. The standard InChI is InChI=1S/C23H26N6O2S/c1-16-20(28-10-12-32-23(28)25-16)15-27-8-7-19-18(14-27)21(26-29(19)9-11-30)22(31)24-13-17-5-3-2-4-6-17/h2-6,10,12,30H,7-9,11,13-15H2,1H3,(H,24,31). The maximum atomic E-state index is 13.0. The van der Waals surface area contributed by atoms with Gasteiger partial charge in [-0.3, -0.25) is 18.8 Å². The third-order valence-corrected chi connectivity index (χ3v) is 6.73. The lowest BCUT2D eigenvalue weighted by atomic mass is 10.0. The Labute approximate surface area is 190 Å². The van der Waals surface area contributed by atoms with Gasteiger partial charge in [0.15, 0.2) is 10.7 Å². The molecule has 0 bridgehead atoms. The highest BCUT2D eigenvalue weighted by Crippen LogP contribution is 2.26. The third kappa shape index (κ3) is 3.94. The molecule has 4 aromatic rings. The highest BCUT2D eigenvalue weighted by atomic mass is 32.1. The number of benzene rings is 1. The number of aromatic nitrogens is 4. The summed E-state index contributed by atoms with van der Waals surface area (Å²) in [7, 11) is 0. The first-order valence-electron chi connectivity index (χ1n) is 10.8. The summed E-state index contributed by atoms with van der Waals surface area (Å²) in [5.74, 6) is -0.176. The van der Waals surface area contributed by atoms with Crippen LogP contribution in [0.15, 0.2) is 41.9 Å². The SMILES string of the molecule is Cc1nc2sccn2c1CN1CCc2c(c(C(=O)NCc3ccccc3)nn2CCO)C1. The van der Waals surface area contributed by atoms with E-state index >= 15 is 0 Å². The molecule has 5 rings (SSSR count). The molecule has 0 fully saturated rings. The summed E-state index contributed by atoms with van der Waals surface area (Å²) in [6, 6.07) is 9.85. The first-order chi connectivity index (χ1) is 15.6. The number of aryl methyl sites for hydroxylation is 1. The van der Waals surface area contributed by atoms with Crippen molar-refractivity contribution in [2.75, 3.05) is 13.2 Å². The molecule has 9 heteroatoms. The Hall–Kier alpha value is -3.01. The van der Waals surface area contributed by atoms with Crippen molar-refractivity contribution in [1.29, 1.82) is 0 Å². The van der Waals surface area contributed by atoms with E-state index in [4.69, 9.17) is 0 Å². The van der Waals surface area contributed by atoms with E-state index in [9.17, 15) is 9.90 Å². The van der Waals surface area contributed by atoms with Gasteiger partial charge in [-0.1, -0.05) is 30.3 Å². The van der Waals surface area contributed by atoms with Crippen LogP contribution in [0.2, 0.25) is 0 Å². The third-order valence-electron chi connectivity index (χ3n) is 5.97. The number of aliphatic hydroxyl groups is 1. The second kappa shape index (κ2) is 8.85. The van der Waals surface area contributed by atoms with E-state index in [1.807, 2.05) is 42.6 Å². The zero-order chi connectivity index (χ0) is 22.1. The summed E-state index contributed by atoms with van der Waals surface area (Å²) in [5, 5.41) is 19.1. The Bertz CT molecular complexity index is 1240. The largest absolute Gasteiger partial charge is 0.394 e. The first kappa shape index (κ1) is 20.9. The number of imidazole rings is 1. The molecule has 2 N–H and O–H groups in total. The van der Waals surface area contributed by atoms with Gasteiger partial charge < -0.3 is 10.4 Å². The molecule has 166 valence electrons. The fourth-order valence-electron chi connectivity index (χ4n) is 4.35. The molecule has 0 spiro atoms. The van der Waals surface area contributed by atoms with Crippen LogP contribution in [0.5, 0.6) is 0 Å². The lowest BCUT2D eigenvalue weighted by molar-refractivity contribution is 0.0942. The first-order valence-corrected chi connectivity index (χ1v) is 11.7. The number of thiazole rings is 1. The number of amides is 1. The van der Waals surface area contributed by atoms with Gasteiger partial charge in [0, 0.05) is 55.4 Å². The predicted octanol–water partition coefficient (Wildman–Crippen LogP) is 2.38. The van der Waals surface area contributed by atoms with Gasteiger partial charge in [0.05, 0.1) is 24.5 Å². The number of carbonyl (C=O) groups is 1. The van der Waals surface area contributed by atoms with E-state index < -0.39 is 0 Å². The van der Waals surface area contributed by atoms with Gasteiger partial charge in [0.25, 0.3) is 5.91 Å². The van der Waals surface area contributed by atoms with Crippen LogP contribution in [0.4, 0.5) is 0 Å². The molecule has 0 atom stereocenters. The maximum absolute atomic E-state index is 13.0. The Morgan fingerprint density at radius 1 is 1.28 bits per heavy atom. The van der Waals surface area contributed by atoms with E-state index in [1.54, 1.807) is 16.0 Å². The smallest absolute Gasteiger partial charge is 0.272 e. The maximum Gasteiger partial charge on any atom is 0.272 e. The molecule has 1 aliphatic heterocycles. The van der Waals surface area contributed by atoms with Crippen LogP contribution in [-0.4, -0.2) is 48.2 Å². The summed E-state index contributed by atoms with van der Waals surface area (Å²) in [6.07, 6.45) is 2.85. The minimum absolute atomic E-state index is 0.00589.